The van der Waals surface area contributed by atoms with Crippen LogP contribution in [0.1, 0.15) is 157 Å². The summed E-state index contributed by atoms with van der Waals surface area (Å²) in [6.07, 6.45) is 23.4. The molecule has 2 nitrogen and oxygen atoms in total. The predicted octanol–water partition coefficient (Wildman–Crippen LogP) is 10.2. The van der Waals surface area contributed by atoms with Crippen molar-refractivity contribution >= 4 is 0 Å². The second kappa shape index (κ2) is 9.85. The van der Waals surface area contributed by atoms with E-state index in [1.807, 2.05) is 0 Å². The molecule has 2 aromatic rings. The molecule has 210 valence electrons. The molecule has 0 spiro atoms. The van der Waals surface area contributed by atoms with Gasteiger partial charge in [0.05, 0.1) is 0 Å². The Morgan fingerprint density at radius 3 is 1.59 bits per heavy atom. The number of phenols is 2. The lowest BCUT2D eigenvalue weighted by Crippen LogP contribution is -2.60. The zero-order valence-corrected chi connectivity index (χ0v) is 24.3. The van der Waals surface area contributed by atoms with Gasteiger partial charge in [0.2, 0.25) is 0 Å². The Balaban J connectivity index is 1.31. The monoisotopic (exact) mass is 526 g/mol. The molecule has 4 bridgehead atoms. The quantitative estimate of drug-likeness (QED) is 0.393. The Morgan fingerprint density at radius 2 is 1.13 bits per heavy atom. The van der Waals surface area contributed by atoms with E-state index in [1.165, 1.54) is 138 Å². The summed E-state index contributed by atoms with van der Waals surface area (Å²) in [5, 5.41) is 22.0. The molecule has 6 saturated carbocycles. The highest BCUT2D eigenvalue weighted by Crippen LogP contribution is 2.71. The second-order valence-corrected chi connectivity index (χ2v) is 15.0. The number of hydrogen-bond acceptors (Lipinski definition) is 2. The SMILES string of the molecule is CCCC12CC3CC(c4ccc(O)c(C5CCCCC5)c4)(C1)CC(c1ccc(O)c(C4CCCCC4)c1)(C3)C2. The zero-order chi connectivity index (χ0) is 26.7. The van der Waals surface area contributed by atoms with E-state index in [4.69, 9.17) is 0 Å². The van der Waals surface area contributed by atoms with E-state index in [9.17, 15) is 10.2 Å². The van der Waals surface area contributed by atoms with Gasteiger partial charge in [-0.25, -0.2) is 0 Å². The predicted molar refractivity (Wildman–Crippen MR) is 160 cm³/mol. The molecule has 0 aromatic heterocycles. The Hall–Kier alpha value is -1.96. The lowest BCUT2D eigenvalue weighted by atomic mass is 9.37. The highest BCUT2D eigenvalue weighted by atomic mass is 16.3. The van der Waals surface area contributed by atoms with Crippen molar-refractivity contribution in [2.45, 2.75) is 145 Å². The maximum Gasteiger partial charge on any atom is 0.119 e. The smallest absolute Gasteiger partial charge is 0.119 e. The third-order valence-corrected chi connectivity index (χ3v) is 12.3. The van der Waals surface area contributed by atoms with Gasteiger partial charge in [0.25, 0.3) is 0 Å². The van der Waals surface area contributed by atoms with Crippen molar-refractivity contribution in [2.75, 3.05) is 0 Å². The van der Waals surface area contributed by atoms with Crippen LogP contribution in [0.4, 0.5) is 0 Å². The fourth-order valence-electron chi connectivity index (χ4n) is 11.3. The summed E-state index contributed by atoms with van der Waals surface area (Å²) in [7, 11) is 0. The van der Waals surface area contributed by atoms with Crippen LogP contribution in [-0.2, 0) is 10.8 Å². The van der Waals surface area contributed by atoms with Gasteiger partial charge < -0.3 is 10.2 Å². The summed E-state index contributed by atoms with van der Waals surface area (Å²) in [6.45, 7) is 2.39. The third kappa shape index (κ3) is 4.43. The molecule has 39 heavy (non-hydrogen) atoms. The molecular weight excluding hydrogens is 476 g/mol. The Kier molecular flexibility index (Phi) is 6.56. The van der Waals surface area contributed by atoms with Crippen LogP contribution in [0.15, 0.2) is 36.4 Å². The van der Waals surface area contributed by atoms with Gasteiger partial charge in [-0.2, -0.15) is 0 Å². The average molecular weight is 527 g/mol. The summed E-state index contributed by atoms with van der Waals surface area (Å²) >= 11 is 0. The van der Waals surface area contributed by atoms with Gasteiger partial charge in [-0.1, -0.05) is 76.1 Å². The molecule has 8 rings (SSSR count). The number of rotatable bonds is 6. The molecule has 0 heterocycles. The Labute approximate surface area is 236 Å². The number of phenolic OH excluding ortho intramolecular Hbond substituents is 2. The standard InChI is InChI=1S/C37H50O2/c1-2-17-35-20-26-21-36(23-35,29-13-15-33(38)31(18-29)27-9-5-3-6-10-27)25-37(22-26,24-35)30-14-16-34(39)32(19-30)28-11-7-4-8-12-28/h13-16,18-19,26-28,38-39H,2-12,17,20-25H2,1H3. The molecule has 2 unspecified atom stereocenters. The van der Waals surface area contributed by atoms with Crippen molar-refractivity contribution in [3.8, 4) is 11.5 Å². The lowest BCUT2D eigenvalue weighted by Gasteiger charge is -2.67. The molecule has 6 aliphatic carbocycles. The van der Waals surface area contributed by atoms with Crippen LogP contribution in [0, 0.1) is 11.3 Å². The van der Waals surface area contributed by atoms with Crippen molar-refractivity contribution < 1.29 is 10.2 Å². The highest BCUT2D eigenvalue weighted by molar-refractivity contribution is 5.47. The third-order valence-electron chi connectivity index (χ3n) is 12.3. The molecule has 2 aromatic carbocycles. The average Bonchev–Trinajstić information content (AvgIpc) is 2.93. The first-order valence-corrected chi connectivity index (χ1v) is 16.6. The minimum Gasteiger partial charge on any atom is -0.508 e. The normalized spacial score (nSPS) is 34.9. The minimum atomic E-state index is 0.217. The van der Waals surface area contributed by atoms with E-state index in [0.717, 1.165) is 5.92 Å². The summed E-state index contributed by atoms with van der Waals surface area (Å²) in [4.78, 5) is 0. The van der Waals surface area contributed by atoms with Crippen LogP contribution in [0.25, 0.3) is 0 Å². The van der Waals surface area contributed by atoms with E-state index in [-0.39, 0.29) is 10.8 Å². The summed E-state index contributed by atoms with van der Waals surface area (Å²) < 4.78 is 0. The molecule has 6 fully saturated rings. The van der Waals surface area contributed by atoms with Gasteiger partial charge >= 0.3 is 0 Å². The lowest BCUT2D eigenvalue weighted by molar-refractivity contribution is -0.0944. The molecule has 0 radical (unpaired) electrons. The minimum absolute atomic E-state index is 0.217. The van der Waals surface area contributed by atoms with Crippen molar-refractivity contribution in [2.24, 2.45) is 11.3 Å². The number of aromatic hydroxyl groups is 2. The van der Waals surface area contributed by atoms with E-state index in [0.29, 0.717) is 28.7 Å². The Bertz CT molecular complexity index is 1120. The molecule has 0 aliphatic heterocycles. The van der Waals surface area contributed by atoms with Crippen LogP contribution in [0.2, 0.25) is 0 Å². The van der Waals surface area contributed by atoms with Crippen LogP contribution in [-0.4, -0.2) is 10.2 Å². The first-order valence-electron chi connectivity index (χ1n) is 16.6. The summed E-state index contributed by atoms with van der Waals surface area (Å²) in [5.41, 5.74) is 6.40. The molecule has 2 heteroatoms. The molecule has 2 N–H and O–H groups in total. The van der Waals surface area contributed by atoms with Gasteiger partial charge in [-0.05, 0) is 139 Å². The van der Waals surface area contributed by atoms with E-state index >= 15 is 0 Å². The maximum atomic E-state index is 11.0. The zero-order valence-electron chi connectivity index (χ0n) is 24.3. The van der Waals surface area contributed by atoms with Crippen molar-refractivity contribution in [3.05, 3.63) is 58.7 Å². The van der Waals surface area contributed by atoms with Gasteiger partial charge in [-0.15, -0.1) is 0 Å². The van der Waals surface area contributed by atoms with Crippen molar-refractivity contribution in [1.29, 1.82) is 0 Å². The molecular formula is C37H50O2. The topological polar surface area (TPSA) is 40.5 Å². The van der Waals surface area contributed by atoms with E-state index < -0.39 is 0 Å². The first-order chi connectivity index (χ1) is 18.9. The van der Waals surface area contributed by atoms with Crippen molar-refractivity contribution in [3.63, 3.8) is 0 Å². The first kappa shape index (κ1) is 26.0. The fourth-order valence-corrected chi connectivity index (χ4v) is 11.3. The Morgan fingerprint density at radius 1 is 0.641 bits per heavy atom. The molecule has 0 amide bonds. The largest absolute Gasteiger partial charge is 0.508 e. The van der Waals surface area contributed by atoms with Crippen LogP contribution < -0.4 is 0 Å². The van der Waals surface area contributed by atoms with Gasteiger partial charge in [0.1, 0.15) is 11.5 Å². The van der Waals surface area contributed by atoms with Crippen LogP contribution in [0.5, 0.6) is 11.5 Å². The second-order valence-electron chi connectivity index (χ2n) is 15.0. The molecule has 6 aliphatic rings. The van der Waals surface area contributed by atoms with Crippen molar-refractivity contribution in [1.82, 2.24) is 0 Å². The van der Waals surface area contributed by atoms with Gasteiger partial charge in [0.15, 0.2) is 0 Å². The molecule has 0 saturated heterocycles. The summed E-state index contributed by atoms with van der Waals surface area (Å²) in [6, 6.07) is 13.7. The highest BCUT2D eigenvalue weighted by Gasteiger charge is 2.63. The number of benzene rings is 2. The fraction of sp³-hybridized carbons (Fsp3) is 0.676. The number of hydrogen-bond donors (Lipinski definition) is 2. The van der Waals surface area contributed by atoms with Crippen LogP contribution in [0.3, 0.4) is 0 Å². The summed E-state index contributed by atoms with van der Waals surface area (Å²) in [5.74, 6) is 2.90. The van der Waals surface area contributed by atoms with Gasteiger partial charge in [-0.3, -0.25) is 0 Å². The maximum absolute atomic E-state index is 11.0. The van der Waals surface area contributed by atoms with E-state index in [2.05, 4.69) is 43.3 Å². The van der Waals surface area contributed by atoms with Gasteiger partial charge in [0, 0.05) is 0 Å². The van der Waals surface area contributed by atoms with Crippen LogP contribution >= 0.6 is 0 Å². The van der Waals surface area contributed by atoms with E-state index in [1.54, 1.807) is 0 Å². The molecule has 2 atom stereocenters.